The van der Waals surface area contributed by atoms with Crippen molar-refractivity contribution in [2.75, 3.05) is 0 Å². The van der Waals surface area contributed by atoms with E-state index in [1.54, 1.807) is 0 Å². The first-order valence-electron chi connectivity index (χ1n) is 8.22. The molecule has 0 aromatic heterocycles. The molecule has 1 unspecified atom stereocenters. The van der Waals surface area contributed by atoms with E-state index >= 15 is 0 Å². The molecular weight excluding hydrogens is 244 g/mol. The van der Waals surface area contributed by atoms with Gasteiger partial charge in [-0.1, -0.05) is 51.3 Å². The second-order valence-electron chi connectivity index (χ2n) is 7.40. The fourth-order valence-corrected chi connectivity index (χ4v) is 3.87. The van der Waals surface area contributed by atoms with Crippen molar-refractivity contribution in [3.63, 3.8) is 0 Å². The summed E-state index contributed by atoms with van der Waals surface area (Å²) < 4.78 is 0. The van der Waals surface area contributed by atoms with Crippen molar-refractivity contribution in [3.8, 4) is 0 Å². The molecule has 1 aromatic rings. The second-order valence-corrected chi connectivity index (χ2v) is 7.40. The van der Waals surface area contributed by atoms with Gasteiger partial charge in [-0.15, -0.1) is 0 Å². The summed E-state index contributed by atoms with van der Waals surface area (Å²) in [5.74, 6) is 1.31. The van der Waals surface area contributed by atoms with E-state index in [9.17, 15) is 4.79 Å². The standard InChI is InChI=1S/C19H26O/c1-19(2)12-4-3-11-17(19)18(20)16-10-6-9-15(13-16)14-7-5-8-14/h6,9-10,13-14,17H,3-5,7-8,11-12H2,1-2H3. The number of hydrogen-bond acceptors (Lipinski definition) is 1. The first-order valence-corrected chi connectivity index (χ1v) is 8.22. The first-order chi connectivity index (χ1) is 9.58. The molecule has 0 bridgehead atoms. The first kappa shape index (κ1) is 13.9. The highest BCUT2D eigenvalue weighted by Gasteiger charge is 2.37. The van der Waals surface area contributed by atoms with E-state index in [4.69, 9.17) is 0 Å². The van der Waals surface area contributed by atoms with Gasteiger partial charge in [-0.25, -0.2) is 0 Å². The van der Waals surface area contributed by atoms with Crippen LogP contribution < -0.4 is 0 Å². The van der Waals surface area contributed by atoms with Crippen LogP contribution in [0.15, 0.2) is 24.3 Å². The van der Waals surface area contributed by atoms with Crippen LogP contribution in [0.1, 0.15) is 80.6 Å². The second kappa shape index (κ2) is 5.35. The Balaban J connectivity index is 1.82. The average molecular weight is 270 g/mol. The Hall–Kier alpha value is -1.11. The van der Waals surface area contributed by atoms with Gasteiger partial charge in [0.25, 0.3) is 0 Å². The van der Waals surface area contributed by atoms with Gasteiger partial charge < -0.3 is 0 Å². The number of benzene rings is 1. The van der Waals surface area contributed by atoms with Crippen LogP contribution in [0.2, 0.25) is 0 Å². The van der Waals surface area contributed by atoms with E-state index in [0.717, 1.165) is 12.0 Å². The number of rotatable bonds is 3. The molecular formula is C19H26O. The minimum Gasteiger partial charge on any atom is -0.294 e. The molecule has 2 saturated carbocycles. The molecule has 2 aliphatic rings. The predicted molar refractivity (Wildman–Crippen MR) is 83.1 cm³/mol. The lowest BCUT2D eigenvalue weighted by atomic mass is 9.66. The molecule has 1 nitrogen and oxygen atoms in total. The summed E-state index contributed by atoms with van der Waals surface area (Å²) in [6.07, 6.45) is 8.68. The fraction of sp³-hybridized carbons (Fsp3) is 0.632. The lowest BCUT2D eigenvalue weighted by Crippen LogP contribution is -2.34. The molecule has 0 radical (unpaired) electrons. The van der Waals surface area contributed by atoms with Gasteiger partial charge in [0.2, 0.25) is 0 Å². The van der Waals surface area contributed by atoms with Gasteiger partial charge in [0.15, 0.2) is 5.78 Å². The maximum atomic E-state index is 12.9. The van der Waals surface area contributed by atoms with E-state index < -0.39 is 0 Å². The Kier molecular flexibility index (Phi) is 3.70. The molecule has 2 aliphatic carbocycles. The van der Waals surface area contributed by atoms with Crippen molar-refractivity contribution < 1.29 is 4.79 Å². The number of carbonyl (C=O) groups excluding carboxylic acids is 1. The molecule has 3 rings (SSSR count). The zero-order valence-corrected chi connectivity index (χ0v) is 12.8. The van der Waals surface area contributed by atoms with Gasteiger partial charge in [-0.2, -0.15) is 0 Å². The van der Waals surface area contributed by atoms with E-state index in [1.807, 2.05) is 6.07 Å². The van der Waals surface area contributed by atoms with E-state index in [0.29, 0.717) is 11.7 Å². The molecule has 108 valence electrons. The van der Waals surface area contributed by atoms with Crippen LogP contribution in [0.5, 0.6) is 0 Å². The third-order valence-electron chi connectivity index (χ3n) is 5.57. The van der Waals surface area contributed by atoms with Crippen LogP contribution in [0.4, 0.5) is 0 Å². The minimum absolute atomic E-state index is 0.168. The lowest BCUT2D eigenvalue weighted by molar-refractivity contribution is 0.0697. The van der Waals surface area contributed by atoms with E-state index in [-0.39, 0.29) is 11.3 Å². The third kappa shape index (κ3) is 2.55. The maximum absolute atomic E-state index is 12.9. The molecule has 0 saturated heterocycles. The molecule has 20 heavy (non-hydrogen) atoms. The van der Waals surface area contributed by atoms with Crippen molar-refractivity contribution in [3.05, 3.63) is 35.4 Å². The zero-order chi connectivity index (χ0) is 14.2. The topological polar surface area (TPSA) is 17.1 Å². The minimum atomic E-state index is 0.168. The maximum Gasteiger partial charge on any atom is 0.166 e. The SMILES string of the molecule is CC1(C)CCCCC1C(=O)c1cccc(C2CCC2)c1. The van der Waals surface area contributed by atoms with Crippen LogP contribution in [0.3, 0.4) is 0 Å². The van der Waals surface area contributed by atoms with Crippen LogP contribution in [0, 0.1) is 11.3 Å². The predicted octanol–water partition coefficient (Wildman–Crippen LogP) is 5.35. The van der Waals surface area contributed by atoms with Crippen LogP contribution in [0.25, 0.3) is 0 Å². The van der Waals surface area contributed by atoms with E-state index in [2.05, 4.69) is 32.0 Å². The summed E-state index contributed by atoms with van der Waals surface area (Å²) in [7, 11) is 0. The van der Waals surface area contributed by atoms with Gasteiger partial charge >= 0.3 is 0 Å². The van der Waals surface area contributed by atoms with Crippen molar-refractivity contribution in [2.24, 2.45) is 11.3 Å². The molecule has 0 heterocycles. The summed E-state index contributed by atoms with van der Waals surface area (Å²) in [5, 5.41) is 0. The van der Waals surface area contributed by atoms with Crippen molar-refractivity contribution >= 4 is 5.78 Å². The summed E-state index contributed by atoms with van der Waals surface area (Å²) >= 11 is 0. The molecule has 1 aromatic carbocycles. The fourth-order valence-electron chi connectivity index (χ4n) is 3.87. The van der Waals surface area contributed by atoms with Crippen molar-refractivity contribution in [2.45, 2.75) is 64.7 Å². The highest BCUT2D eigenvalue weighted by atomic mass is 16.1. The summed E-state index contributed by atoms with van der Waals surface area (Å²) in [6, 6.07) is 8.48. The molecule has 1 heteroatoms. The molecule has 1 atom stereocenters. The molecule has 0 aliphatic heterocycles. The van der Waals surface area contributed by atoms with Gasteiger partial charge in [-0.05, 0) is 48.6 Å². The summed E-state index contributed by atoms with van der Waals surface area (Å²) in [5.41, 5.74) is 2.51. The van der Waals surface area contributed by atoms with Crippen molar-refractivity contribution in [1.29, 1.82) is 0 Å². The molecule has 2 fully saturated rings. The highest BCUT2D eigenvalue weighted by molar-refractivity contribution is 5.98. The Bertz CT molecular complexity index is 496. The Morgan fingerprint density at radius 3 is 2.55 bits per heavy atom. The number of ketones is 1. The number of hydrogen-bond donors (Lipinski definition) is 0. The van der Waals surface area contributed by atoms with Crippen molar-refractivity contribution in [1.82, 2.24) is 0 Å². The van der Waals surface area contributed by atoms with Gasteiger partial charge in [-0.3, -0.25) is 4.79 Å². The van der Waals surface area contributed by atoms with Gasteiger partial charge in [0, 0.05) is 11.5 Å². The Morgan fingerprint density at radius 2 is 1.90 bits per heavy atom. The van der Waals surface area contributed by atoms with Crippen LogP contribution >= 0.6 is 0 Å². The Labute approximate surface area is 122 Å². The number of carbonyl (C=O) groups is 1. The van der Waals surface area contributed by atoms with Gasteiger partial charge in [0.05, 0.1) is 0 Å². The smallest absolute Gasteiger partial charge is 0.166 e. The highest BCUT2D eigenvalue weighted by Crippen LogP contribution is 2.43. The normalized spacial score (nSPS) is 26.0. The van der Waals surface area contributed by atoms with E-state index in [1.165, 1.54) is 44.1 Å². The summed E-state index contributed by atoms with van der Waals surface area (Å²) in [4.78, 5) is 12.9. The third-order valence-corrected chi connectivity index (χ3v) is 5.57. The average Bonchev–Trinajstić information content (AvgIpc) is 2.36. The van der Waals surface area contributed by atoms with Gasteiger partial charge in [0.1, 0.15) is 0 Å². The quantitative estimate of drug-likeness (QED) is 0.676. The summed E-state index contributed by atoms with van der Waals surface area (Å²) in [6.45, 7) is 4.54. The monoisotopic (exact) mass is 270 g/mol. The molecule has 0 spiro atoms. The molecule has 0 N–H and O–H groups in total. The van der Waals surface area contributed by atoms with Crippen LogP contribution in [-0.4, -0.2) is 5.78 Å². The largest absolute Gasteiger partial charge is 0.294 e. The number of Topliss-reactive ketones (excluding diaryl/α,β-unsaturated/α-hetero) is 1. The Morgan fingerprint density at radius 1 is 1.10 bits per heavy atom. The zero-order valence-electron chi connectivity index (χ0n) is 12.8. The van der Waals surface area contributed by atoms with Crippen LogP contribution in [-0.2, 0) is 0 Å². The molecule has 0 amide bonds. The lowest BCUT2D eigenvalue weighted by Gasteiger charge is -2.37.